The molecule has 0 aliphatic carbocycles. The zero-order valence-electron chi connectivity index (χ0n) is 16.2. The zero-order valence-corrected chi connectivity index (χ0v) is 16.2. The first-order valence-corrected chi connectivity index (χ1v) is 8.89. The third-order valence-corrected chi connectivity index (χ3v) is 4.25. The highest BCUT2D eigenvalue weighted by Gasteiger charge is 2.37. The number of aromatic hydroxyl groups is 1. The Morgan fingerprint density at radius 2 is 1.54 bits per heavy atom. The number of hydrogen-bond acceptors (Lipinski definition) is 4. The molecule has 0 aliphatic rings. The number of phenols is 1. The van der Waals surface area contributed by atoms with E-state index in [0.29, 0.717) is 12.2 Å². The molecular formula is C22H28O4. The molecule has 2 aromatic carbocycles. The quantitative estimate of drug-likeness (QED) is 0.767. The molecule has 1 atom stereocenters. The van der Waals surface area contributed by atoms with Crippen molar-refractivity contribution in [1.29, 1.82) is 0 Å². The van der Waals surface area contributed by atoms with Crippen molar-refractivity contribution in [2.45, 2.75) is 52.1 Å². The first-order chi connectivity index (χ1) is 12.1. The van der Waals surface area contributed by atoms with Crippen LogP contribution in [0.3, 0.4) is 0 Å². The summed E-state index contributed by atoms with van der Waals surface area (Å²) in [6.07, 6.45) is 0.340. The monoisotopic (exact) mass is 356 g/mol. The number of benzene rings is 2. The van der Waals surface area contributed by atoms with E-state index in [1.54, 1.807) is 38.1 Å². The Labute approximate surface area is 155 Å². The minimum absolute atomic E-state index is 0.0506. The van der Waals surface area contributed by atoms with Gasteiger partial charge in [0.1, 0.15) is 11.5 Å². The second kappa shape index (κ2) is 7.81. The fourth-order valence-electron chi connectivity index (χ4n) is 2.72. The van der Waals surface area contributed by atoms with E-state index in [4.69, 9.17) is 9.47 Å². The maximum absolute atomic E-state index is 12.6. The summed E-state index contributed by atoms with van der Waals surface area (Å²) in [6, 6.07) is 14.5. The lowest BCUT2D eigenvalue weighted by Crippen LogP contribution is -2.45. The van der Waals surface area contributed by atoms with Crippen LogP contribution in [0.25, 0.3) is 0 Å². The molecule has 0 aliphatic heterocycles. The highest BCUT2D eigenvalue weighted by molar-refractivity contribution is 5.80. The predicted octanol–water partition coefficient (Wildman–Crippen LogP) is 4.63. The molecule has 0 spiro atoms. The molecule has 26 heavy (non-hydrogen) atoms. The summed E-state index contributed by atoms with van der Waals surface area (Å²) >= 11 is 0. The van der Waals surface area contributed by atoms with Crippen LogP contribution in [0.15, 0.2) is 48.5 Å². The second-order valence-corrected chi connectivity index (χ2v) is 7.67. The minimum atomic E-state index is -1.16. The molecule has 1 N–H and O–H groups in total. The Hall–Kier alpha value is -2.49. The average molecular weight is 356 g/mol. The van der Waals surface area contributed by atoms with Crippen molar-refractivity contribution >= 4 is 5.97 Å². The van der Waals surface area contributed by atoms with E-state index in [-0.39, 0.29) is 17.8 Å². The summed E-state index contributed by atoms with van der Waals surface area (Å²) in [5, 5.41) is 9.45. The Morgan fingerprint density at radius 1 is 0.962 bits per heavy atom. The molecule has 2 aromatic rings. The molecule has 4 heteroatoms. The Kier molecular flexibility index (Phi) is 5.96. The van der Waals surface area contributed by atoms with Crippen molar-refractivity contribution in [3.8, 4) is 11.5 Å². The smallest absolute Gasteiger partial charge is 0.350 e. The molecule has 0 saturated carbocycles. The maximum atomic E-state index is 12.6. The number of carbonyl (C=O) groups is 1. The van der Waals surface area contributed by atoms with Gasteiger partial charge < -0.3 is 14.6 Å². The first kappa shape index (κ1) is 19.8. The van der Waals surface area contributed by atoms with Gasteiger partial charge in [0.05, 0.1) is 6.61 Å². The minimum Gasteiger partial charge on any atom is -0.508 e. The van der Waals surface area contributed by atoms with Crippen molar-refractivity contribution in [3.63, 3.8) is 0 Å². The number of hydrogen-bond donors (Lipinski definition) is 1. The van der Waals surface area contributed by atoms with Gasteiger partial charge in [-0.2, -0.15) is 0 Å². The van der Waals surface area contributed by atoms with Gasteiger partial charge in [-0.1, -0.05) is 45.0 Å². The van der Waals surface area contributed by atoms with Crippen LogP contribution in [0.5, 0.6) is 11.5 Å². The van der Waals surface area contributed by atoms with Crippen molar-refractivity contribution in [3.05, 3.63) is 59.7 Å². The van der Waals surface area contributed by atoms with E-state index in [2.05, 4.69) is 20.8 Å². The summed E-state index contributed by atoms with van der Waals surface area (Å²) in [5.74, 6) is 0.394. The van der Waals surface area contributed by atoms with E-state index in [1.807, 2.05) is 24.3 Å². The van der Waals surface area contributed by atoms with E-state index >= 15 is 0 Å². The van der Waals surface area contributed by atoms with Gasteiger partial charge in [0.15, 0.2) is 0 Å². The van der Waals surface area contributed by atoms with Crippen LogP contribution in [-0.2, 0) is 21.4 Å². The van der Waals surface area contributed by atoms with Gasteiger partial charge in [0.2, 0.25) is 5.60 Å². The van der Waals surface area contributed by atoms with Crippen LogP contribution in [-0.4, -0.2) is 23.3 Å². The standard InChI is InChI=1S/C22H28O4/c1-6-25-20(24)22(5,15-16-7-11-18(23)12-8-16)26-19-13-9-17(10-14-19)21(2,3)4/h7-14,23H,6,15H2,1-5H3. The van der Waals surface area contributed by atoms with Crippen molar-refractivity contribution < 1.29 is 19.4 Å². The molecule has 0 heterocycles. The van der Waals surface area contributed by atoms with E-state index in [0.717, 1.165) is 5.56 Å². The van der Waals surface area contributed by atoms with Gasteiger partial charge in [-0.3, -0.25) is 0 Å². The third kappa shape index (κ3) is 5.01. The lowest BCUT2D eigenvalue weighted by atomic mass is 9.87. The summed E-state index contributed by atoms with van der Waals surface area (Å²) in [5.41, 5.74) is 0.969. The van der Waals surface area contributed by atoms with Gasteiger partial charge in [0, 0.05) is 6.42 Å². The lowest BCUT2D eigenvalue weighted by molar-refractivity contribution is -0.160. The molecule has 4 nitrogen and oxygen atoms in total. The highest BCUT2D eigenvalue weighted by Crippen LogP contribution is 2.28. The molecular weight excluding hydrogens is 328 g/mol. The summed E-state index contributed by atoms with van der Waals surface area (Å²) < 4.78 is 11.3. The number of esters is 1. The summed E-state index contributed by atoms with van der Waals surface area (Å²) in [4.78, 5) is 12.6. The van der Waals surface area contributed by atoms with Gasteiger partial charge in [0.25, 0.3) is 0 Å². The molecule has 0 amide bonds. The van der Waals surface area contributed by atoms with E-state index in [1.165, 1.54) is 5.56 Å². The Bertz CT molecular complexity index is 726. The largest absolute Gasteiger partial charge is 0.508 e. The maximum Gasteiger partial charge on any atom is 0.350 e. The molecule has 0 aromatic heterocycles. The first-order valence-electron chi connectivity index (χ1n) is 8.89. The molecule has 0 bridgehead atoms. The molecule has 140 valence electrons. The number of rotatable bonds is 6. The molecule has 0 radical (unpaired) electrons. The lowest BCUT2D eigenvalue weighted by Gasteiger charge is -2.29. The van der Waals surface area contributed by atoms with Crippen molar-refractivity contribution in [1.82, 2.24) is 0 Å². The summed E-state index contributed by atoms with van der Waals surface area (Å²) in [6.45, 7) is 10.2. The normalized spacial score (nSPS) is 13.7. The van der Waals surface area contributed by atoms with Gasteiger partial charge in [-0.25, -0.2) is 4.79 Å². The van der Waals surface area contributed by atoms with Crippen LogP contribution in [0.4, 0.5) is 0 Å². The highest BCUT2D eigenvalue weighted by atomic mass is 16.6. The average Bonchev–Trinajstić information content (AvgIpc) is 2.57. The SMILES string of the molecule is CCOC(=O)C(C)(Cc1ccc(O)cc1)Oc1ccc(C(C)(C)C)cc1. The van der Waals surface area contributed by atoms with E-state index in [9.17, 15) is 9.90 Å². The number of phenolic OH excluding ortho intramolecular Hbond substituents is 1. The fraction of sp³-hybridized carbons (Fsp3) is 0.409. The van der Waals surface area contributed by atoms with Crippen LogP contribution in [0.1, 0.15) is 45.7 Å². The predicted molar refractivity (Wildman–Crippen MR) is 103 cm³/mol. The van der Waals surface area contributed by atoms with Gasteiger partial charge in [-0.05, 0) is 54.7 Å². The molecule has 2 rings (SSSR count). The van der Waals surface area contributed by atoms with Crippen molar-refractivity contribution in [2.75, 3.05) is 6.61 Å². The second-order valence-electron chi connectivity index (χ2n) is 7.67. The number of ether oxygens (including phenoxy) is 2. The molecule has 0 saturated heterocycles. The molecule has 1 unspecified atom stereocenters. The number of carbonyl (C=O) groups excluding carboxylic acids is 1. The Balaban J connectivity index is 2.26. The Morgan fingerprint density at radius 3 is 2.04 bits per heavy atom. The molecule has 0 fully saturated rings. The van der Waals surface area contributed by atoms with Crippen molar-refractivity contribution in [2.24, 2.45) is 0 Å². The van der Waals surface area contributed by atoms with Gasteiger partial charge >= 0.3 is 5.97 Å². The zero-order chi connectivity index (χ0) is 19.4. The van der Waals surface area contributed by atoms with Crippen LogP contribution >= 0.6 is 0 Å². The van der Waals surface area contributed by atoms with Gasteiger partial charge in [-0.15, -0.1) is 0 Å². The van der Waals surface area contributed by atoms with E-state index < -0.39 is 11.6 Å². The topological polar surface area (TPSA) is 55.8 Å². The fourth-order valence-corrected chi connectivity index (χ4v) is 2.72. The third-order valence-electron chi connectivity index (χ3n) is 4.25. The van der Waals surface area contributed by atoms with Crippen LogP contribution in [0, 0.1) is 0 Å². The van der Waals surface area contributed by atoms with Crippen LogP contribution < -0.4 is 4.74 Å². The van der Waals surface area contributed by atoms with Crippen LogP contribution in [0.2, 0.25) is 0 Å². The summed E-state index contributed by atoms with van der Waals surface area (Å²) in [7, 11) is 0.